The van der Waals surface area contributed by atoms with Crippen molar-refractivity contribution in [3.63, 3.8) is 0 Å². The zero-order chi connectivity index (χ0) is 17.5. The van der Waals surface area contributed by atoms with E-state index in [0.29, 0.717) is 18.1 Å². The predicted molar refractivity (Wildman–Crippen MR) is 114 cm³/mol. The maximum absolute atomic E-state index is 12.2. The number of piperidine rings is 1. The summed E-state index contributed by atoms with van der Waals surface area (Å²) in [5, 5.41) is 2.99. The molecule has 1 aromatic rings. The lowest BCUT2D eigenvalue weighted by Crippen LogP contribution is -2.42. The van der Waals surface area contributed by atoms with Crippen LogP contribution in [-0.4, -0.2) is 35.9 Å². The van der Waals surface area contributed by atoms with Gasteiger partial charge in [-0.1, -0.05) is 26.0 Å². The Balaban J connectivity index is 0.00000312. The average molecular weight is 458 g/mol. The van der Waals surface area contributed by atoms with Gasteiger partial charge < -0.3 is 16.0 Å². The van der Waals surface area contributed by atoms with Gasteiger partial charge >= 0.3 is 0 Å². The van der Waals surface area contributed by atoms with Crippen LogP contribution in [0.1, 0.15) is 56.0 Å². The van der Waals surface area contributed by atoms with Crippen LogP contribution >= 0.6 is 24.0 Å². The number of amides is 1. The normalized spacial score (nSPS) is 16.9. The number of aliphatic imine (C=N–C) groups is 1. The van der Waals surface area contributed by atoms with Crippen LogP contribution in [0.25, 0.3) is 0 Å². The van der Waals surface area contributed by atoms with Crippen molar-refractivity contribution < 1.29 is 4.79 Å². The molecule has 1 fully saturated rings. The summed E-state index contributed by atoms with van der Waals surface area (Å²) < 4.78 is 0. The van der Waals surface area contributed by atoms with Gasteiger partial charge in [0.2, 0.25) is 0 Å². The van der Waals surface area contributed by atoms with E-state index in [2.05, 4.69) is 29.1 Å². The number of benzene rings is 1. The molecule has 1 amide bonds. The summed E-state index contributed by atoms with van der Waals surface area (Å²) in [5.74, 6) is 1.35. The molecule has 1 unspecified atom stereocenters. The molecule has 0 aromatic heterocycles. The van der Waals surface area contributed by atoms with Gasteiger partial charge in [-0.15, -0.1) is 24.0 Å². The van der Waals surface area contributed by atoms with Gasteiger partial charge in [-0.25, -0.2) is 4.99 Å². The summed E-state index contributed by atoms with van der Waals surface area (Å²) in [5.41, 5.74) is 7.79. The van der Waals surface area contributed by atoms with Crippen molar-refractivity contribution in [1.82, 2.24) is 10.2 Å². The molecule has 0 aliphatic carbocycles. The molecule has 1 aliphatic heterocycles. The first-order chi connectivity index (χ1) is 11.5. The SMILES string of the molecule is CCC(C)NC(=O)c1cccc(CN=C(N)N2CCC(C)CC2)c1.I. The van der Waals surface area contributed by atoms with Gasteiger partial charge in [0.25, 0.3) is 5.91 Å². The van der Waals surface area contributed by atoms with Crippen LogP contribution in [0.4, 0.5) is 0 Å². The second-order valence-corrected chi connectivity index (χ2v) is 6.83. The minimum atomic E-state index is -0.0341. The molecular formula is C19H31IN4O. The number of hydrogen-bond donors (Lipinski definition) is 2. The average Bonchev–Trinajstić information content (AvgIpc) is 2.60. The highest BCUT2D eigenvalue weighted by molar-refractivity contribution is 14.0. The molecule has 1 heterocycles. The lowest BCUT2D eigenvalue weighted by Gasteiger charge is -2.31. The number of nitrogens with zero attached hydrogens (tertiary/aromatic N) is 2. The molecule has 3 N–H and O–H groups in total. The van der Waals surface area contributed by atoms with E-state index in [1.54, 1.807) is 0 Å². The van der Waals surface area contributed by atoms with Crippen molar-refractivity contribution >= 4 is 35.8 Å². The minimum absolute atomic E-state index is 0. The molecule has 1 saturated heterocycles. The fourth-order valence-electron chi connectivity index (χ4n) is 2.73. The van der Waals surface area contributed by atoms with Crippen molar-refractivity contribution in [3.05, 3.63) is 35.4 Å². The van der Waals surface area contributed by atoms with Crippen LogP contribution in [-0.2, 0) is 6.54 Å². The first-order valence-corrected chi connectivity index (χ1v) is 8.94. The Morgan fingerprint density at radius 3 is 2.72 bits per heavy atom. The summed E-state index contributed by atoms with van der Waals surface area (Å²) in [6, 6.07) is 7.79. The van der Waals surface area contributed by atoms with Crippen LogP contribution in [0.2, 0.25) is 0 Å². The zero-order valence-corrected chi connectivity index (χ0v) is 17.8. The smallest absolute Gasteiger partial charge is 0.251 e. The number of hydrogen-bond acceptors (Lipinski definition) is 2. The number of halogens is 1. The molecule has 2 rings (SSSR count). The molecular weight excluding hydrogens is 427 g/mol. The maximum Gasteiger partial charge on any atom is 0.251 e. The molecule has 5 nitrogen and oxygen atoms in total. The van der Waals surface area contributed by atoms with Gasteiger partial charge in [0.1, 0.15) is 0 Å². The zero-order valence-electron chi connectivity index (χ0n) is 15.5. The molecule has 140 valence electrons. The highest BCUT2D eigenvalue weighted by Crippen LogP contribution is 2.16. The lowest BCUT2D eigenvalue weighted by atomic mass is 10.00. The fraction of sp³-hybridized carbons (Fsp3) is 0.579. The van der Waals surface area contributed by atoms with Crippen molar-refractivity contribution in [2.75, 3.05) is 13.1 Å². The van der Waals surface area contributed by atoms with Crippen molar-refractivity contribution in [2.24, 2.45) is 16.6 Å². The van der Waals surface area contributed by atoms with E-state index < -0.39 is 0 Å². The molecule has 0 saturated carbocycles. The number of guanidine groups is 1. The van der Waals surface area contributed by atoms with Gasteiger partial charge in [0.05, 0.1) is 6.54 Å². The Bertz CT molecular complexity index is 583. The van der Waals surface area contributed by atoms with Gasteiger partial charge in [-0.3, -0.25) is 4.79 Å². The van der Waals surface area contributed by atoms with Gasteiger partial charge in [-0.2, -0.15) is 0 Å². The second-order valence-electron chi connectivity index (χ2n) is 6.83. The number of carbonyl (C=O) groups excluding carboxylic acids is 1. The van der Waals surface area contributed by atoms with E-state index in [0.717, 1.165) is 31.0 Å². The number of carbonyl (C=O) groups is 1. The number of nitrogens with one attached hydrogen (secondary N) is 1. The van der Waals surface area contributed by atoms with E-state index in [4.69, 9.17) is 5.73 Å². The van der Waals surface area contributed by atoms with E-state index in [1.165, 1.54) is 12.8 Å². The van der Waals surface area contributed by atoms with Crippen LogP contribution in [0.3, 0.4) is 0 Å². The Morgan fingerprint density at radius 1 is 1.40 bits per heavy atom. The van der Waals surface area contributed by atoms with E-state index in [-0.39, 0.29) is 35.9 Å². The third-order valence-corrected chi connectivity index (χ3v) is 4.71. The molecule has 1 aliphatic rings. The van der Waals surface area contributed by atoms with Crippen molar-refractivity contribution in [1.29, 1.82) is 0 Å². The van der Waals surface area contributed by atoms with E-state index >= 15 is 0 Å². The quantitative estimate of drug-likeness (QED) is 0.404. The maximum atomic E-state index is 12.2. The summed E-state index contributed by atoms with van der Waals surface area (Å²) in [6.07, 6.45) is 3.25. The van der Waals surface area contributed by atoms with Crippen molar-refractivity contribution in [2.45, 2.75) is 52.6 Å². The molecule has 0 spiro atoms. The van der Waals surface area contributed by atoms with Gasteiger partial charge in [0, 0.05) is 24.7 Å². The predicted octanol–water partition coefficient (Wildman–Crippen LogP) is 3.38. The molecule has 0 bridgehead atoms. The highest BCUT2D eigenvalue weighted by Gasteiger charge is 2.17. The van der Waals surface area contributed by atoms with Gasteiger partial charge in [-0.05, 0) is 49.8 Å². The Hall–Kier alpha value is -1.31. The van der Waals surface area contributed by atoms with Crippen LogP contribution < -0.4 is 11.1 Å². The summed E-state index contributed by atoms with van der Waals surface area (Å²) >= 11 is 0. The van der Waals surface area contributed by atoms with E-state index in [1.807, 2.05) is 31.2 Å². The fourth-order valence-corrected chi connectivity index (χ4v) is 2.73. The summed E-state index contributed by atoms with van der Waals surface area (Å²) in [4.78, 5) is 18.9. The largest absolute Gasteiger partial charge is 0.370 e. The number of likely N-dealkylation sites (tertiary alicyclic amines) is 1. The third-order valence-electron chi connectivity index (χ3n) is 4.71. The molecule has 25 heavy (non-hydrogen) atoms. The van der Waals surface area contributed by atoms with Crippen LogP contribution in [0.5, 0.6) is 0 Å². The molecule has 0 radical (unpaired) electrons. The Labute approximate surface area is 168 Å². The lowest BCUT2D eigenvalue weighted by molar-refractivity contribution is 0.0939. The topological polar surface area (TPSA) is 70.7 Å². The second kappa shape index (κ2) is 10.6. The number of nitrogens with two attached hydrogens (primary N) is 1. The molecule has 1 aromatic carbocycles. The Morgan fingerprint density at radius 2 is 2.08 bits per heavy atom. The van der Waals surface area contributed by atoms with Crippen molar-refractivity contribution in [3.8, 4) is 0 Å². The van der Waals surface area contributed by atoms with Crippen LogP contribution in [0, 0.1) is 5.92 Å². The first kappa shape index (κ1) is 21.7. The third kappa shape index (κ3) is 6.84. The molecule has 6 heteroatoms. The molecule has 1 atom stereocenters. The first-order valence-electron chi connectivity index (χ1n) is 8.94. The summed E-state index contributed by atoms with van der Waals surface area (Å²) in [7, 11) is 0. The van der Waals surface area contributed by atoms with Crippen LogP contribution in [0.15, 0.2) is 29.3 Å². The monoisotopic (exact) mass is 458 g/mol. The Kier molecular flexibility index (Phi) is 9.24. The minimum Gasteiger partial charge on any atom is -0.370 e. The van der Waals surface area contributed by atoms with E-state index in [9.17, 15) is 4.79 Å². The standard InChI is InChI=1S/C19H30N4O.HI/c1-4-15(3)22-18(24)17-7-5-6-16(12-17)13-21-19(20)23-10-8-14(2)9-11-23;/h5-7,12,14-15H,4,8-11,13H2,1-3H3,(H2,20,21)(H,22,24);1H. The van der Waals surface area contributed by atoms with Gasteiger partial charge in [0.15, 0.2) is 5.96 Å². The highest BCUT2D eigenvalue weighted by atomic mass is 127. The number of rotatable bonds is 5. The summed E-state index contributed by atoms with van der Waals surface area (Å²) in [6.45, 7) is 8.80.